The topological polar surface area (TPSA) is 60.9 Å². The number of carbonyl (C=O) groups is 1. The summed E-state index contributed by atoms with van der Waals surface area (Å²) in [6.07, 6.45) is 1.96. The Hall–Kier alpha value is -1.91. The third-order valence-corrected chi connectivity index (χ3v) is 6.92. The zero-order valence-corrected chi connectivity index (χ0v) is 19.2. The van der Waals surface area contributed by atoms with Crippen LogP contribution in [0, 0.1) is 3.57 Å². The van der Waals surface area contributed by atoms with Crippen LogP contribution in [0.25, 0.3) is 10.2 Å². The maximum Gasteiger partial charge on any atom is 0.261 e. The summed E-state index contributed by atoms with van der Waals surface area (Å²) in [7, 11) is 3.24. The van der Waals surface area contributed by atoms with Crippen LogP contribution in [0.5, 0.6) is 11.5 Å². The highest BCUT2D eigenvalue weighted by atomic mass is 127. The van der Waals surface area contributed by atoms with Crippen molar-refractivity contribution in [3.8, 4) is 11.5 Å². The van der Waals surface area contributed by atoms with Crippen LogP contribution in [0.3, 0.4) is 0 Å². The first-order chi connectivity index (χ1) is 14.1. The number of thiazole rings is 1. The summed E-state index contributed by atoms with van der Waals surface area (Å²) >= 11 is 3.62. The molecule has 2 heterocycles. The molecule has 1 aliphatic heterocycles. The van der Waals surface area contributed by atoms with Gasteiger partial charge in [0.05, 0.1) is 32.4 Å². The summed E-state index contributed by atoms with van der Waals surface area (Å²) in [5, 5.41) is 0.614. The van der Waals surface area contributed by atoms with Crippen molar-refractivity contribution in [3.05, 3.63) is 45.5 Å². The number of aromatic nitrogens is 1. The molecule has 4 rings (SSSR count). The molecule has 1 amide bonds. The molecule has 1 saturated heterocycles. The van der Waals surface area contributed by atoms with E-state index in [0.717, 1.165) is 27.7 Å². The summed E-state index contributed by atoms with van der Waals surface area (Å²) < 4.78 is 18.6. The van der Waals surface area contributed by atoms with Crippen molar-refractivity contribution in [3.63, 3.8) is 0 Å². The number of amides is 1. The van der Waals surface area contributed by atoms with Crippen LogP contribution in [-0.2, 0) is 4.74 Å². The van der Waals surface area contributed by atoms with E-state index in [2.05, 4.69) is 22.6 Å². The monoisotopic (exact) mass is 524 g/mol. The molecule has 0 N–H and O–H groups in total. The average Bonchev–Trinajstić information content (AvgIpc) is 3.41. The number of ether oxygens (including phenoxy) is 3. The van der Waals surface area contributed by atoms with Gasteiger partial charge in [-0.2, -0.15) is 0 Å². The Morgan fingerprint density at radius 1 is 1.24 bits per heavy atom. The van der Waals surface area contributed by atoms with E-state index in [1.54, 1.807) is 19.1 Å². The molecule has 3 aromatic rings. The van der Waals surface area contributed by atoms with Crippen molar-refractivity contribution >= 4 is 55.2 Å². The van der Waals surface area contributed by atoms with Crippen molar-refractivity contribution in [1.82, 2.24) is 4.98 Å². The molecule has 1 aliphatic rings. The van der Waals surface area contributed by atoms with Gasteiger partial charge in [-0.05, 0) is 59.7 Å². The normalized spacial score (nSPS) is 16.2. The standard InChI is InChI=1S/C21H21IN2O4S/c1-26-16-9-10-17(27-2)19-18(16)23-21(29-19)24(12-13-6-5-11-28-13)20(25)14-7-3-4-8-15(14)22/h3-4,7-10,13H,5-6,11-12H2,1-2H3. The molecule has 2 aromatic carbocycles. The summed E-state index contributed by atoms with van der Waals surface area (Å²) in [5.41, 5.74) is 1.35. The predicted octanol–water partition coefficient (Wildman–Crippen LogP) is 4.74. The number of hydrogen-bond donors (Lipinski definition) is 0. The van der Waals surface area contributed by atoms with Crippen molar-refractivity contribution < 1.29 is 19.0 Å². The summed E-state index contributed by atoms with van der Waals surface area (Å²) in [4.78, 5) is 20.0. The number of methoxy groups -OCH3 is 2. The number of rotatable bonds is 6. The minimum absolute atomic E-state index is 0.0103. The zero-order valence-electron chi connectivity index (χ0n) is 16.2. The van der Waals surface area contributed by atoms with Crippen LogP contribution in [0.1, 0.15) is 23.2 Å². The third kappa shape index (κ3) is 4.06. The molecule has 8 heteroatoms. The number of benzene rings is 2. The first kappa shape index (κ1) is 20.4. The number of halogens is 1. The SMILES string of the molecule is COc1ccc(OC)c2sc(N(CC3CCCO3)C(=O)c3ccccc3I)nc12. The number of fused-ring (bicyclic) bond motifs is 1. The van der Waals surface area contributed by atoms with E-state index in [9.17, 15) is 4.79 Å². The van der Waals surface area contributed by atoms with Crippen LogP contribution in [0.15, 0.2) is 36.4 Å². The lowest BCUT2D eigenvalue weighted by atomic mass is 10.2. The lowest BCUT2D eigenvalue weighted by Crippen LogP contribution is -2.37. The third-order valence-electron chi connectivity index (χ3n) is 4.89. The first-order valence-corrected chi connectivity index (χ1v) is 11.2. The molecule has 0 aliphatic carbocycles. The van der Waals surface area contributed by atoms with E-state index in [4.69, 9.17) is 19.2 Å². The Kier molecular flexibility index (Phi) is 6.21. The molecule has 1 atom stereocenters. The van der Waals surface area contributed by atoms with Gasteiger partial charge in [0, 0.05) is 10.2 Å². The maximum atomic E-state index is 13.5. The fourth-order valence-electron chi connectivity index (χ4n) is 3.41. The summed E-state index contributed by atoms with van der Waals surface area (Å²) in [6.45, 7) is 1.20. The van der Waals surface area contributed by atoms with Gasteiger partial charge < -0.3 is 14.2 Å². The van der Waals surface area contributed by atoms with Crippen molar-refractivity contribution in [2.24, 2.45) is 0 Å². The van der Waals surface area contributed by atoms with Gasteiger partial charge in [-0.15, -0.1) is 0 Å². The molecule has 1 unspecified atom stereocenters. The fourth-order valence-corrected chi connectivity index (χ4v) is 5.11. The lowest BCUT2D eigenvalue weighted by molar-refractivity contribution is 0.0916. The van der Waals surface area contributed by atoms with E-state index in [1.807, 2.05) is 36.4 Å². The smallest absolute Gasteiger partial charge is 0.261 e. The van der Waals surface area contributed by atoms with Gasteiger partial charge in [0.2, 0.25) is 0 Å². The zero-order chi connectivity index (χ0) is 20.4. The van der Waals surface area contributed by atoms with Crippen molar-refractivity contribution in [2.75, 3.05) is 32.3 Å². The van der Waals surface area contributed by atoms with Gasteiger partial charge >= 0.3 is 0 Å². The molecule has 0 radical (unpaired) electrons. The second kappa shape index (κ2) is 8.85. The van der Waals surface area contributed by atoms with Crippen LogP contribution in [-0.4, -0.2) is 44.4 Å². The molecule has 1 fully saturated rings. The van der Waals surface area contributed by atoms with Crippen LogP contribution >= 0.6 is 33.9 Å². The van der Waals surface area contributed by atoms with E-state index in [1.165, 1.54) is 11.3 Å². The Morgan fingerprint density at radius 3 is 2.69 bits per heavy atom. The minimum Gasteiger partial charge on any atom is -0.495 e. The fraction of sp³-hybridized carbons (Fsp3) is 0.333. The maximum absolute atomic E-state index is 13.5. The molecule has 152 valence electrons. The van der Waals surface area contributed by atoms with Gasteiger partial charge in [-0.1, -0.05) is 23.5 Å². The van der Waals surface area contributed by atoms with E-state index < -0.39 is 0 Å². The van der Waals surface area contributed by atoms with E-state index in [0.29, 0.717) is 34.3 Å². The second-order valence-electron chi connectivity index (χ2n) is 6.67. The average molecular weight is 524 g/mol. The molecular weight excluding hydrogens is 503 g/mol. The summed E-state index contributed by atoms with van der Waals surface area (Å²) in [5.74, 6) is 1.29. The number of hydrogen-bond acceptors (Lipinski definition) is 6. The second-order valence-corrected chi connectivity index (χ2v) is 8.81. The van der Waals surface area contributed by atoms with Crippen molar-refractivity contribution in [1.29, 1.82) is 0 Å². The van der Waals surface area contributed by atoms with Crippen LogP contribution < -0.4 is 14.4 Å². The highest BCUT2D eigenvalue weighted by Gasteiger charge is 2.29. The molecule has 29 heavy (non-hydrogen) atoms. The largest absolute Gasteiger partial charge is 0.495 e. The van der Waals surface area contributed by atoms with Gasteiger partial charge in [-0.3, -0.25) is 9.69 Å². The number of carbonyl (C=O) groups excluding carboxylic acids is 1. The lowest BCUT2D eigenvalue weighted by Gasteiger charge is -2.23. The first-order valence-electron chi connectivity index (χ1n) is 9.32. The Bertz CT molecular complexity index is 992. The minimum atomic E-state index is -0.0810. The highest BCUT2D eigenvalue weighted by molar-refractivity contribution is 14.1. The highest BCUT2D eigenvalue weighted by Crippen LogP contribution is 2.40. The van der Waals surface area contributed by atoms with Gasteiger partial charge in [0.15, 0.2) is 5.13 Å². The van der Waals surface area contributed by atoms with E-state index in [-0.39, 0.29) is 12.0 Å². The number of nitrogens with zero attached hydrogens (tertiary/aromatic N) is 2. The molecule has 1 aromatic heterocycles. The van der Waals surface area contributed by atoms with Crippen LogP contribution in [0.2, 0.25) is 0 Å². The Labute approximate surface area is 186 Å². The Balaban J connectivity index is 1.80. The van der Waals surface area contributed by atoms with Gasteiger partial charge in [-0.25, -0.2) is 4.98 Å². The van der Waals surface area contributed by atoms with Gasteiger partial charge in [0.1, 0.15) is 21.7 Å². The Morgan fingerprint density at radius 2 is 2.00 bits per heavy atom. The predicted molar refractivity (Wildman–Crippen MR) is 123 cm³/mol. The molecule has 6 nitrogen and oxygen atoms in total. The van der Waals surface area contributed by atoms with Gasteiger partial charge in [0.25, 0.3) is 5.91 Å². The van der Waals surface area contributed by atoms with E-state index >= 15 is 0 Å². The summed E-state index contributed by atoms with van der Waals surface area (Å²) in [6, 6.07) is 11.3. The molecular formula is C21H21IN2O4S. The van der Waals surface area contributed by atoms with Crippen LogP contribution in [0.4, 0.5) is 5.13 Å². The van der Waals surface area contributed by atoms with Crippen molar-refractivity contribution in [2.45, 2.75) is 18.9 Å². The number of anilines is 1. The quantitative estimate of drug-likeness (QED) is 0.436. The molecule has 0 saturated carbocycles. The molecule has 0 bridgehead atoms. The molecule has 0 spiro atoms.